The van der Waals surface area contributed by atoms with Gasteiger partial charge in [0.2, 0.25) is 0 Å². The Hall–Kier alpha value is -1.39. The van der Waals surface area contributed by atoms with Gasteiger partial charge in [0.1, 0.15) is 0 Å². The third kappa shape index (κ3) is 3.83. The van der Waals surface area contributed by atoms with Crippen LogP contribution in [0, 0.1) is 5.41 Å². The number of hydrogen-bond donors (Lipinski definition) is 2. The van der Waals surface area contributed by atoms with Crippen LogP contribution in [-0.2, 0) is 6.54 Å². The first-order chi connectivity index (χ1) is 9.94. The number of aliphatic hydroxyl groups excluding tert-OH is 1. The van der Waals surface area contributed by atoms with Crippen LogP contribution >= 0.6 is 0 Å². The summed E-state index contributed by atoms with van der Waals surface area (Å²) in [5, 5.41) is 12.6. The molecule has 116 valence electrons. The molecule has 1 aromatic carbocycles. The molecule has 4 nitrogen and oxygen atoms in total. The Morgan fingerprint density at radius 1 is 1.38 bits per heavy atom. The fourth-order valence-corrected chi connectivity index (χ4v) is 3.04. The van der Waals surface area contributed by atoms with Crippen LogP contribution in [-0.4, -0.2) is 42.7 Å². The van der Waals surface area contributed by atoms with E-state index in [2.05, 4.69) is 10.2 Å². The molecular weight excluding hydrogens is 264 g/mol. The summed E-state index contributed by atoms with van der Waals surface area (Å²) in [6, 6.07) is 7.80. The molecule has 2 unspecified atom stereocenters. The molecule has 1 aliphatic rings. The zero-order valence-electron chi connectivity index (χ0n) is 13.2. The second-order valence-corrected chi connectivity index (χ2v) is 6.67. The maximum Gasteiger partial charge on any atom is 0.251 e. The van der Waals surface area contributed by atoms with Crippen LogP contribution in [0.5, 0.6) is 0 Å². The topological polar surface area (TPSA) is 52.6 Å². The zero-order chi connectivity index (χ0) is 15.5. The molecule has 0 heterocycles. The Balaban J connectivity index is 2.00. The summed E-state index contributed by atoms with van der Waals surface area (Å²) in [5.74, 6) is -0.0435. The predicted molar refractivity (Wildman–Crippen MR) is 84.1 cm³/mol. The third-order valence-corrected chi connectivity index (χ3v) is 4.46. The van der Waals surface area contributed by atoms with Crippen molar-refractivity contribution in [1.82, 2.24) is 10.2 Å². The molecule has 0 saturated heterocycles. The minimum absolute atomic E-state index is 0.0435. The van der Waals surface area contributed by atoms with Crippen LogP contribution in [0.2, 0.25) is 0 Å². The molecule has 21 heavy (non-hydrogen) atoms. The Bertz CT molecular complexity index is 484. The Labute approximate surface area is 127 Å². The minimum atomic E-state index is -0.180. The molecule has 1 amide bonds. The van der Waals surface area contributed by atoms with Gasteiger partial charge in [-0.25, -0.2) is 0 Å². The van der Waals surface area contributed by atoms with Crippen LogP contribution in [0.3, 0.4) is 0 Å². The summed E-state index contributed by atoms with van der Waals surface area (Å²) in [4.78, 5) is 14.4. The van der Waals surface area contributed by atoms with E-state index >= 15 is 0 Å². The van der Waals surface area contributed by atoms with Gasteiger partial charge in [0.05, 0.1) is 6.61 Å². The number of carbonyl (C=O) groups is 1. The fourth-order valence-electron chi connectivity index (χ4n) is 3.04. The smallest absolute Gasteiger partial charge is 0.251 e. The van der Waals surface area contributed by atoms with Gasteiger partial charge >= 0.3 is 0 Å². The molecule has 2 rings (SSSR count). The quantitative estimate of drug-likeness (QED) is 0.872. The lowest BCUT2D eigenvalue weighted by Crippen LogP contribution is -2.44. The number of aliphatic hydroxyl groups is 1. The monoisotopic (exact) mass is 290 g/mol. The highest BCUT2D eigenvalue weighted by atomic mass is 16.3. The van der Waals surface area contributed by atoms with E-state index in [4.69, 9.17) is 0 Å². The molecule has 1 fully saturated rings. The predicted octanol–water partition coefficient (Wildman–Crippen LogP) is 2.03. The summed E-state index contributed by atoms with van der Waals surface area (Å²) >= 11 is 0. The van der Waals surface area contributed by atoms with Crippen molar-refractivity contribution in [3.63, 3.8) is 0 Å². The number of nitrogens with one attached hydrogen (secondary N) is 1. The van der Waals surface area contributed by atoms with Crippen molar-refractivity contribution in [3.8, 4) is 0 Å². The lowest BCUT2D eigenvalue weighted by Gasteiger charge is -2.30. The fraction of sp³-hybridized carbons (Fsp3) is 0.588. The van der Waals surface area contributed by atoms with Crippen molar-refractivity contribution in [2.75, 3.05) is 20.7 Å². The van der Waals surface area contributed by atoms with Gasteiger partial charge in [0.25, 0.3) is 5.91 Å². The van der Waals surface area contributed by atoms with Gasteiger partial charge in [-0.3, -0.25) is 4.79 Å². The van der Waals surface area contributed by atoms with Gasteiger partial charge in [-0.1, -0.05) is 25.5 Å². The molecule has 2 atom stereocenters. The van der Waals surface area contributed by atoms with Crippen LogP contribution in [0.25, 0.3) is 0 Å². The van der Waals surface area contributed by atoms with E-state index < -0.39 is 0 Å². The molecule has 4 heteroatoms. The summed E-state index contributed by atoms with van der Waals surface area (Å²) < 4.78 is 0. The maximum atomic E-state index is 12.3. The summed E-state index contributed by atoms with van der Waals surface area (Å²) in [5.41, 5.74) is 1.70. The lowest BCUT2D eigenvalue weighted by atomic mass is 9.85. The average molecular weight is 290 g/mol. The maximum absolute atomic E-state index is 12.3. The molecule has 1 aromatic rings. The van der Waals surface area contributed by atoms with Crippen molar-refractivity contribution < 1.29 is 9.90 Å². The number of hydrogen-bond acceptors (Lipinski definition) is 3. The first-order valence-corrected chi connectivity index (χ1v) is 7.60. The van der Waals surface area contributed by atoms with Crippen LogP contribution in [0.1, 0.15) is 42.1 Å². The van der Waals surface area contributed by atoms with Crippen LogP contribution in [0.4, 0.5) is 0 Å². The van der Waals surface area contributed by atoms with E-state index in [1.54, 1.807) is 0 Å². The first kappa shape index (κ1) is 16.0. The van der Waals surface area contributed by atoms with Gasteiger partial charge in [-0.15, -0.1) is 0 Å². The van der Waals surface area contributed by atoms with Crippen molar-refractivity contribution in [2.24, 2.45) is 5.41 Å². The second kappa shape index (κ2) is 6.58. The third-order valence-electron chi connectivity index (χ3n) is 4.46. The average Bonchev–Trinajstić information content (AvgIpc) is 2.81. The Morgan fingerprint density at radius 2 is 2.05 bits per heavy atom. The van der Waals surface area contributed by atoms with Gasteiger partial charge in [0.15, 0.2) is 0 Å². The normalized spacial score (nSPS) is 25.3. The number of rotatable bonds is 5. The van der Waals surface area contributed by atoms with Gasteiger partial charge in [-0.2, -0.15) is 0 Å². The van der Waals surface area contributed by atoms with E-state index in [0.717, 1.165) is 25.8 Å². The largest absolute Gasteiger partial charge is 0.396 e. The first-order valence-electron chi connectivity index (χ1n) is 7.60. The standard InChI is InChI=1S/C17H26N2O2/c1-17(12-20)10-4-5-15(17)18-16(21)14-8-6-13(7-9-14)11-19(2)3/h6-9,15,20H,4-5,10-12H2,1-3H3,(H,18,21). The van der Waals surface area contributed by atoms with E-state index in [0.29, 0.717) is 5.56 Å². The number of benzene rings is 1. The molecule has 1 saturated carbocycles. The van der Waals surface area contributed by atoms with Crippen molar-refractivity contribution in [2.45, 2.75) is 38.8 Å². The molecule has 2 N–H and O–H groups in total. The van der Waals surface area contributed by atoms with Crippen LogP contribution < -0.4 is 5.32 Å². The Kier molecular flexibility index (Phi) is 5.01. The Morgan fingerprint density at radius 3 is 2.62 bits per heavy atom. The number of carbonyl (C=O) groups excluding carboxylic acids is 1. The molecule has 0 aliphatic heterocycles. The molecule has 0 aromatic heterocycles. The summed E-state index contributed by atoms with van der Waals surface area (Å²) in [6.07, 6.45) is 2.97. The second-order valence-electron chi connectivity index (χ2n) is 6.67. The minimum Gasteiger partial charge on any atom is -0.396 e. The summed E-state index contributed by atoms with van der Waals surface area (Å²) in [7, 11) is 4.05. The highest BCUT2D eigenvalue weighted by Crippen LogP contribution is 2.37. The summed E-state index contributed by atoms with van der Waals surface area (Å²) in [6.45, 7) is 3.04. The van der Waals surface area contributed by atoms with E-state index in [9.17, 15) is 9.90 Å². The van der Waals surface area contributed by atoms with Crippen molar-refractivity contribution in [3.05, 3.63) is 35.4 Å². The van der Waals surface area contributed by atoms with E-state index in [-0.39, 0.29) is 24.0 Å². The molecular formula is C17H26N2O2. The molecule has 1 aliphatic carbocycles. The van der Waals surface area contributed by atoms with Crippen molar-refractivity contribution >= 4 is 5.91 Å². The molecule has 0 bridgehead atoms. The molecule has 0 spiro atoms. The van der Waals surface area contributed by atoms with Gasteiger partial charge in [-0.05, 0) is 44.6 Å². The van der Waals surface area contributed by atoms with E-state index in [1.165, 1.54) is 5.56 Å². The molecule has 0 radical (unpaired) electrons. The zero-order valence-corrected chi connectivity index (χ0v) is 13.2. The van der Waals surface area contributed by atoms with E-state index in [1.807, 2.05) is 45.3 Å². The van der Waals surface area contributed by atoms with Gasteiger partial charge in [0, 0.05) is 23.6 Å². The van der Waals surface area contributed by atoms with Crippen LogP contribution in [0.15, 0.2) is 24.3 Å². The highest BCUT2D eigenvalue weighted by Gasteiger charge is 2.39. The number of amides is 1. The lowest BCUT2D eigenvalue weighted by molar-refractivity contribution is 0.0830. The highest BCUT2D eigenvalue weighted by molar-refractivity contribution is 5.94. The number of nitrogens with zero attached hydrogens (tertiary/aromatic N) is 1. The van der Waals surface area contributed by atoms with Crippen molar-refractivity contribution in [1.29, 1.82) is 0 Å². The van der Waals surface area contributed by atoms with Gasteiger partial charge < -0.3 is 15.3 Å². The SMILES string of the molecule is CN(C)Cc1ccc(C(=O)NC2CCCC2(C)CO)cc1.